The highest BCUT2D eigenvalue weighted by Crippen LogP contribution is 2.25. The molecule has 6 nitrogen and oxygen atoms in total. The molecule has 1 fully saturated rings. The average Bonchev–Trinajstić information content (AvgIpc) is 3.58. The molecule has 0 aromatic heterocycles. The van der Waals surface area contributed by atoms with Gasteiger partial charge in [-0.05, 0) is 62.4 Å². The zero-order chi connectivity index (χ0) is 30.4. The molecule has 0 aliphatic heterocycles. The summed E-state index contributed by atoms with van der Waals surface area (Å²) < 4.78 is 16.6. The molecule has 1 N–H and O–H groups in total. The summed E-state index contributed by atoms with van der Waals surface area (Å²) in [7, 11) is 4.72. The van der Waals surface area contributed by atoms with Gasteiger partial charge < -0.3 is 19.5 Å². The third kappa shape index (κ3) is 26.0. The Labute approximate surface area is 250 Å². The van der Waals surface area contributed by atoms with Crippen molar-refractivity contribution in [2.45, 2.75) is 85.0 Å². The summed E-state index contributed by atoms with van der Waals surface area (Å²) in [6, 6.07) is 18.3. The lowest BCUT2D eigenvalue weighted by atomic mass is 10.2. The molecular weight excluding hydrogens is 520 g/mol. The summed E-state index contributed by atoms with van der Waals surface area (Å²) in [5, 5.41) is 2.71. The molecule has 3 rings (SSSR count). The Hall–Kier alpha value is -2.22. The number of hydrogen-bond acceptors (Lipinski definition) is 6. The first-order valence-corrected chi connectivity index (χ1v) is 15.5. The predicted octanol–water partition coefficient (Wildman–Crippen LogP) is 9.03. The molecule has 1 aliphatic carbocycles. The van der Waals surface area contributed by atoms with Crippen molar-refractivity contribution in [2.24, 2.45) is 5.92 Å². The fourth-order valence-electron chi connectivity index (χ4n) is 3.30. The van der Waals surface area contributed by atoms with Gasteiger partial charge in [0.1, 0.15) is 5.75 Å². The highest BCUT2D eigenvalue weighted by molar-refractivity contribution is 7.97. The van der Waals surface area contributed by atoms with Gasteiger partial charge in [-0.2, -0.15) is 0 Å². The number of carbonyl (C=O) groups excluding carboxylic acids is 1. The van der Waals surface area contributed by atoms with Crippen LogP contribution in [0.4, 0.5) is 4.79 Å². The largest absolute Gasteiger partial charge is 0.497 e. The van der Waals surface area contributed by atoms with Crippen LogP contribution in [0.2, 0.25) is 0 Å². The summed E-state index contributed by atoms with van der Waals surface area (Å²) >= 11 is 1.73. The summed E-state index contributed by atoms with van der Waals surface area (Å²) in [4.78, 5) is 12.2. The third-order valence-electron chi connectivity index (χ3n) is 5.38. The first-order valence-electron chi connectivity index (χ1n) is 14.8. The number of benzene rings is 2. The molecule has 0 unspecified atom stereocenters. The van der Waals surface area contributed by atoms with Crippen molar-refractivity contribution in [1.29, 1.82) is 0 Å². The molecule has 0 atom stereocenters. The van der Waals surface area contributed by atoms with E-state index in [2.05, 4.69) is 64.1 Å². The van der Waals surface area contributed by atoms with E-state index < -0.39 is 0 Å². The van der Waals surface area contributed by atoms with Crippen LogP contribution in [-0.4, -0.2) is 58.0 Å². The maximum absolute atomic E-state index is 11.0. The second-order valence-corrected chi connectivity index (χ2v) is 10.5. The van der Waals surface area contributed by atoms with Crippen LogP contribution in [0.15, 0.2) is 59.5 Å². The molecule has 1 amide bonds. The van der Waals surface area contributed by atoms with Gasteiger partial charge in [0.05, 0.1) is 14.2 Å². The average molecular weight is 579 g/mol. The van der Waals surface area contributed by atoms with E-state index in [1.807, 2.05) is 51.1 Å². The van der Waals surface area contributed by atoms with Crippen molar-refractivity contribution in [3.05, 3.63) is 60.2 Å². The topological polar surface area (TPSA) is 60.0 Å². The molecule has 0 radical (unpaired) electrons. The Bertz CT molecular complexity index is 775. The van der Waals surface area contributed by atoms with Crippen LogP contribution in [0.5, 0.6) is 5.75 Å². The van der Waals surface area contributed by atoms with Gasteiger partial charge in [-0.3, -0.25) is 0 Å². The maximum atomic E-state index is 11.0. The van der Waals surface area contributed by atoms with Crippen molar-refractivity contribution in [3.8, 4) is 5.75 Å². The van der Waals surface area contributed by atoms with Crippen molar-refractivity contribution >= 4 is 18.0 Å². The molecule has 2 aromatic carbocycles. The van der Waals surface area contributed by atoms with Crippen LogP contribution in [0, 0.1) is 12.8 Å². The highest BCUT2D eigenvalue weighted by Gasteiger charge is 2.10. The zero-order valence-corrected chi connectivity index (χ0v) is 27.6. The lowest BCUT2D eigenvalue weighted by molar-refractivity contribution is 0.170. The van der Waals surface area contributed by atoms with Crippen LogP contribution in [-0.2, 0) is 9.47 Å². The van der Waals surface area contributed by atoms with Gasteiger partial charge in [0.2, 0.25) is 0 Å². The zero-order valence-electron chi connectivity index (χ0n) is 26.8. The van der Waals surface area contributed by atoms with Gasteiger partial charge >= 0.3 is 6.09 Å². The molecule has 7 heteroatoms. The van der Waals surface area contributed by atoms with Gasteiger partial charge in [-0.15, -0.1) is 0 Å². The van der Waals surface area contributed by atoms with Crippen molar-refractivity contribution in [3.63, 3.8) is 0 Å². The van der Waals surface area contributed by atoms with E-state index in [0.717, 1.165) is 31.9 Å². The lowest BCUT2D eigenvalue weighted by Crippen LogP contribution is -2.28. The number of ether oxygens (including phenoxy) is 3. The van der Waals surface area contributed by atoms with Gasteiger partial charge in [-0.25, -0.2) is 9.10 Å². The van der Waals surface area contributed by atoms with E-state index in [0.29, 0.717) is 12.5 Å². The fourth-order valence-corrected chi connectivity index (χ4v) is 4.45. The number of aryl methyl sites for hydroxylation is 1. The molecule has 1 aliphatic rings. The minimum atomic E-state index is -0.377. The highest BCUT2D eigenvalue weighted by atomic mass is 32.2. The molecule has 2 aromatic rings. The Morgan fingerprint density at radius 1 is 0.925 bits per heavy atom. The van der Waals surface area contributed by atoms with Crippen molar-refractivity contribution < 1.29 is 19.0 Å². The second-order valence-electron chi connectivity index (χ2n) is 9.32. The van der Waals surface area contributed by atoms with E-state index in [-0.39, 0.29) is 6.09 Å². The molecule has 230 valence electrons. The van der Waals surface area contributed by atoms with Crippen LogP contribution >= 0.6 is 11.9 Å². The third-order valence-corrected chi connectivity index (χ3v) is 6.45. The summed E-state index contributed by atoms with van der Waals surface area (Å²) in [5.41, 5.74) is 1.32. The van der Waals surface area contributed by atoms with Crippen molar-refractivity contribution in [1.82, 2.24) is 9.62 Å². The monoisotopic (exact) mass is 578 g/mol. The Balaban J connectivity index is 0. The van der Waals surface area contributed by atoms with Crippen LogP contribution in [0.25, 0.3) is 0 Å². The SMILES string of the molecule is C1CCCC1.CC.CCOC.COC(=O)NCCCN(CC(C)C)Sc1ccc(OC)cc1.Cc1ccccc1. The van der Waals surface area contributed by atoms with E-state index in [1.54, 1.807) is 26.2 Å². The molecule has 40 heavy (non-hydrogen) atoms. The number of methoxy groups -OCH3 is 3. The Morgan fingerprint density at radius 2 is 1.45 bits per heavy atom. The van der Waals surface area contributed by atoms with Gasteiger partial charge in [0.25, 0.3) is 0 Å². The molecular formula is C33H58N2O4S. The molecule has 1 saturated carbocycles. The second kappa shape index (κ2) is 29.8. The van der Waals surface area contributed by atoms with Gasteiger partial charge in [0, 0.05) is 38.2 Å². The fraction of sp³-hybridized carbons (Fsp3) is 0.606. The number of amides is 1. The quantitative estimate of drug-likeness (QED) is 0.224. The Kier molecular flexibility index (Phi) is 29.7. The van der Waals surface area contributed by atoms with E-state index >= 15 is 0 Å². The maximum Gasteiger partial charge on any atom is 0.406 e. The molecule has 0 heterocycles. The summed E-state index contributed by atoms with van der Waals surface area (Å²) in [6.07, 6.45) is 8.00. The lowest BCUT2D eigenvalue weighted by Gasteiger charge is -2.23. The standard InChI is InChI=1S/C16H26N2O3S.C7H8.C5H10.C3H8O.C2H6/c1-13(2)12-18(11-5-10-17-16(19)21-4)22-15-8-6-14(20-3)7-9-15;1-7-5-3-2-4-6-7;1-2-4-5-3-1;1-3-4-2;1-2/h6-9,13H,5,10-12H2,1-4H3,(H,17,19);2-6H,1H3;1-5H2;3H2,1-2H3;1-2H3. The number of nitrogens with zero attached hydrogens (tertiary/aromatic N) is 1. The van der Waals surface area contributed by atoms with Crippen LogP contribution in [0.1, 0.15) is 78.7 Å². The first kappa shape index (κ1) is 39.9. The van der Waals surface area contributed by atoms with Crippen molar-refractivity contribution in [2.75, 3.05) is 47.6 Å². The van der Waals surface area contributed by atoms with E-state index in [1.165, 1.54) is 49.7 Å². The molecule has 0 saturated heterocycles. The first-order chi connectivity index (χ1) is 19.4. The number of hydrogen-bond donors (Lipinski definition) is 1. The minimum absolute atomic E-state index is 0.377. The van der Waals surface area contributed by atoms with Crippen LogP contribution < -0.4 is 10.1 Å². The summed E-state index contributed by atoms with van der Waals surface area (Å²) in [5.74, 6) is 1.45. The summed E-state index contributed by atoms with van der Waals surface area (Å²) in [6.45, 7) is 15.8. The number of alkyl carbamates (subject to hydrolysis) is 1. The number of rotatable bonds is 10. The smallest absolute Gasteiger partial charge is 0.406 e. The number of nitrogens with one attached hydrogen (secondary N) is 1. The van der Waals surface area contributed by atoms with Crippen LogP contribution in [0.3, 0.4) is 0 Å². The van der Waals surface area contributed by atoms with Gasteiger partial charge in [0.15, 0.2) is 0 Å². The Morgan fingerprint density at radius 3 is 1.82 bits per heavy atom. The van der Waals surface area contributed by atoms with E-state index in [4.69, 9.17) is 4.74 Å². The van der Waals surface area contributed by atoms with Gasteiger partial charge in [-0.1, -0.05) is 95.7 Å². The normalized spacial score (nSPS) is 11.4. The minimum Gasteiger partial charge on any atom is -0.497 e. The predicted molar refractivity (Wildman–Crippen MR) is 173 cm³/mol. The molecule has 0 bridgehead atoms. The molecule has 0 spiro atoms. The number of carbonyl (C=O) groups is 1. The van der Waals surface area contributed by atoms with E-state index in [9.17, 15) is 4.79 Å².